The fourth-order valence-electron chi connectivity index (χ4n) is 3.75. The van der Waals surface area contributed by atoms with Crippen LogP contribution in [0, 0.1) is 5.82 Å². The molecular formula is C23H25FN4OS. The number of hydrogen-bond donors (Lipinski definition) is 0. The lowest BCUT2D eigenvalue weighted by molar-refractivity contribution is -0.132. The molecule has 2 heterocycles. The minimum Gasteiger partial charge on any atom is -0.339 e. The summed E-state index contributed by atoms with van der Waals surface area (Å²) in [6.07, 6.45) is 0. The maximum Gasteiger partial charge on any atom is 0.235 e. The number of halogens is 1. The quantitative estimate of drug-likeness (QED) is 0.578. The molecule has 2 aromatic carbocycles. The zero-order valence-electron chi connectivity index (χ0n) is 17.2. The van der Waals surface area contributed by atoms with E-state index in [1.807, 2.05) is 36.1 Å². The highest BCUT2D eigenvalue weighted by Crippen LogP contribution is 2.33. The highest BCUT2D eigenvalue weighted by Gasteiger charge is 2.26. The van der Waals surface area contributed by atoms with E-state index in [0.717, 1.165) is 54.1 Å². The average molecular weight is 425 g/mol. The minimum absolute atomic E-state index is 0.143. The summed E-state index contributed by atoms with van der Waals surface area (Å²) in [5.74, 6) is -0.139. The second-order valence-corrected chi connectivity index (χ2v) is 8.76. The number of rotatable bonds is 5. The third-order valence-electron chi connectivity index (χ3n) is 5.54. The molecule has 1 atom stereocenters. The molecule has 4 rings (SSSR count). The fraction of sp³-hybridized carbons (Fsp3) is 0.348. The Labute approximate surface area is 180 Å². The van der Waals surface area contributed by atoms with Gasteiger partial charge in [0.2, 0.25) is 5.91 Å². The zero-order valence-corrected chi connectivity index (χ0v) is 18.0. The summed E-state index contributed by atoms with van der Waals surface area (Å²) in [4.78, 5) is 17.3. The van der Waals surface area contributed by atoms with Crippen LogP contribution >= 0.6 is 11.8 Å². The molecule has 0 spiro atoms. The molecule has 1 unspecified atom stereocenters. The molecule has 1 saturated heterocycles. The molecule has 0 aliphatic carbocycles. The van der Waals surface area contributed by atoms with Gasteiger partial charge in [0.05, 0.1) is 5.25 Å². The third kappa shape index (κ3) is 4.32. The highest BCUT2D eigenvalue weighted by atomic mass is 32.2. The number of carbonyl (C=O) groups is 1. The first-order valence-corrected chi connectivity index (χ1v) is 11.1. The highest BCUT2D eigenvalue weighted by molar-refractivity contribution is 8.00. The molecule has 0 saturated carbocycles. The summed E-state index contributed by atoms with van der Waals surface area (Å²) < 4.78 is 13.3. The van der Waals surface area contributed by atoms with E-state index in [4.69, 9.17) is 0 Å². The van der Waals surface area contributed by atoms with E-state index in [1.165, 1.54) is 23.9 Å². The Hall–Kier alpha value is -2.51. The van der Waals surface area contributed by atoms with Gasteiger partial charge in [-0.25, -0.2) is 4.39 Å². The number of piperazine rings is 1. The van der Waals surface area contributed by atoms with E-state index in [9.17, 15) is 9.18 Å². The molecule has 1 aromatic heterocycles. The van der Waals surface area contributed by atoms with Gasteiger partial charge in [-0.2, -0.15) is 0 Å². The Morgan fingerprint density at radius 3 is 2.37 bits per heavy atom. The van der Waals surface area contributed by atoms with Crippen molar-refractivity contribution in [2.45, 2.75) is 24.1 Å². The molecular weight excluding hydrogens is 399 g/mol. The molecule has 1 aliphatic heterocycles. The Bertz CT molecular complexity index is 1040. The van der Waals surface area contributed by atoms with Crippen molar-refractivity contribution in [3.63, 3.8) is 0 Å². The van der Waals surface area contributed by atoms with Crippen LogP contribution in [-0.4, -0.2) is 63.9 Å². The molecule has 0 bridgehead atoms. The Morgan fingerprint density at radius 2 is 1.70 bits per heavy atom. The number of thioether (sulfide) groups is 1. The minimum atomic E-state index is -0.282. The van der Waals surface area contributed by atoms with Gasteiger partial charge in [-0.15, -0.1) is 10.2 Å². The first kappa shape index (κ1) is 20.8. The van der Waals surface area contributed by atoms with Crippen molar-refractivity contribution in [3.05, 3.63) is 54.3 Å². The first-order chi connectivity index (χ1) is 14.6. The van der Waals surface area contributed by atoms with Crippen molar-refractivity contribution in [3.8, 4) is 11.3 Å². The SMILES string of the molecule is CCN1CCN(C(=O)C(C)Sc2nnc(-c3ccc(F)cc3)c3ccccc23)CC1. The van der Waals surface area contributed by atoms with E-state index >= 15 is 0 Å². The molecule has 3 aromatic rings. The van der Waals surface area contributed by atoms with Crippen molar-refractivity contribution in [2.24, 2.45) is 0 Å². The van der Waals surface area contributed by atoms with Gasteiger partial charge in [-0.3, -0.25) is 4.79 Å². The second-order valence-electron chi connectivity index (χ2n) is 7.43. The molecule has 1 fully saturated rings. The van der Waals surface area contributed by atoms with Crippen LogP contribution in [0.5, 0.6) is 0 Å². The number of likely N-dealkylation sites (N-methyl/N-ethyl adjacent to an activating group) is 1. The number of benzene rings is 2. The summed E-state index contributed by atoms with van der Waals surface area (Å²) in [6, 6.07) is 14.2. The van der Waals surface area contributed by atoms with Crippen molar-refractivity contribution in [1.82, 2.24) is 20.0 Å². The number of nitrogens with zero attached hydrogens (tertiary/aromatic N) is 4. The number of amides is 1. The monoisotopic (exact) mass is 424 g/mol. The molecule has 30 heavy (non-hydrogen) atoms. The normalized spacial score (nSPS) is 16.0. The topological polar surface area (TPSA) is 49.3 Å². The van der Waals surface area contributed by atoms with Crippen LogP contribution in [-0.2, 0) is 4.79 Å². The van der Waals surface area contributed by atoms with Gasteiger partial charge >= 0.3 is 0 Å². The lowest BCUT2D eigenvalue weighted by Gasteiger charge is -2.35. The van der Waals surface area contributed by atoms with Gasteiger partial charge in [0.1, 0.15) is 16.5 Å². The van der Waals surface area contributed by atoms with Crippen LogP contribution in [0.15, 0.2) is 53.6 Å². The number of hydrogen-bond acceptors (Lipinski definition) is 5. The molecule has 0 N–H and O–H groups in total. The van der Waals surface area contributed by atoms with Crippen molar-refractivity contribution in [1.29, 1.82) is 0 Å². The van der Waals surface area contributed by atoms with E-state index in [-0.39, 0.29) is 17.0 Å². The first-order valence-electron chi connectivity index (χ1n) is 10.3. The lowest BCUT2D eigenvalue weighted by atomic mass is 10.1. The van der Waals surface area contributed by atoms with Gasteiger partial charge in [0.25, 0.3) is 0 Å². The zero-order chi connectivity index (χ0) is 21.1. The molecule has 1 amide bonds. The van der Waals surface area contributed by atoms with Gasteiger partial charge in [0, 0.05) is 42.5 Å². The maximum atomic E-state index is 13.3. The van der Waals surface area contributed by atoms with Crippen molar-refractivity contribution in [2.75, 3.05) is 32.7 Å². The summed E-state index contributed by atoms with van der Waals surface area (Å²) in [5, 5.41) is 11.3. The average Bonchev–Trinajstić information content (AvgIpc) is 2.79. The molecule has 0 radical (unpaired) electrons. The van der Waals surface area contributed by atoms with Gasteiger partial charge in [-0.1, -0.05) is 43.0 Å². The summed E-state index contributed by atoms with van der Waals surface area (Å²) in [7, 11) is 0. The Morgan fingerprint density at radius 1 is 1.03 bits per heavy atom. The summed E-state index contributed by atoms with van der Waals surface area (Å²) >= 11 is 1.45. The predicted octanol–water partition coefficient (Wildman–Crippen LogP) is 4.08. The van der Waals surface area contributed by atoms with E-state index in [0.29, 0.717) is 5.69 Å². The number of fused-ring (bicyclic) bond motifs is 1. The Balaban J connectivity index is 1.57. The van der Waals surface area contributed by atoms with Crippen LogP contribution in [0.1, 0.15) is 13.8 Å². The smallest absolute Gasteiger partial charge is 0.235 e. The van der Waals surface area contributed by atoms with Gasteiger partial charge < -0.3 is 9.80 Å². The van der Waals surface area contributed by atoms with Crippen LogP contribution in [0.25, 0.3) is 22.0 Å². The standard InChI is InChI=1S/C23H25FN4OS/c1-3-27-12-14-28(15-13-27)23(29)16(2)30-22-20-7-5-4-6-19(20)21(25-26-22)17-8-10-18(24)11-9-17/h4-11,16H,3,12-15H2,1-2H3. The maximum absolute atomic E-state index is 13.3. The molecule has 1 aliphatic rings. The molecule has 5 nitrogen and oxygen atoms in total. The van der Waals surface area contributed by atoms with Crippen LogP contribution in [0.2, 0.25) is 0 Å². The van der Waals surface area contributed by atoms with Gasteiger partial charge in [-0.05, 0) is 37.7 Å². The lowest BCUT2D eigenvalue weighted by Crippen LogP contribution is -2.50. The van der Waals surface area contributed by atoms with Crippen LogP contribution < -0.4 is 0 Å². The Kier molecular flexibility index (Phi) is 6.29. The second kappa shape index (κ2) is 9.10. The third-order valence-corrected chi connectivity index (χ3v) is 6.62. The fourth-order valence-corrected chi connectivity index (χ4v) is 4.72. The van der Waals surface area contributed by atoms with Crippen LogP contribution in [0.4, 0.5) is 4.39 Å². The van der Waals surface area contributed by atoms with Gasteiger partial charge in [0.15, 0.2) is 0 Å². The summed E-state index contributed by atoms with van der Waals surface area (Å²) in [5.41, 5.74) is 1.53. The molecule has 7 heteroatoms. The van der Waals surface area contributed by atoms with E-state index < -0.39 is 0 Å². The van der Waals surface area contributed by atoms with Crippen LogP contribution in [0.3, 0.4) is 0 Å². The summed E-state index contributed by atoms with van der Waals surface area (Å²) in [6.45, 7) is 8.50. The van der Waals surface area contributed by atoms with Crippen molar-refractivity contribution < 1.29 is 9.18 Å². The predicted molar refractivity (Wildman–Crippen MR) is 119 cm³/mol. The van der Waals surface area contributed by atoms with E-state index in [2.05, 4.69) is 22.0 Å². The van der Waals surface area contributed by atoms with Crippen molar-refractivity contribution >= 4 is 28.4 Å². The van der Waals surface area contributed by atoms with E-state index in [1.54, 1.807) is 12.1 Å². The number of carbonyl (C=O) groups excluding carboxylic acids is 1. The number of aromatic nitrogens is 2. The largest absolute Gasteiger partial charge is 0.339 e. The molecule has 156 valence electrons.